The van der Waals surface area contributed by atoms with E-state index in [1.165, 1.54) is 24.5 Å². The van der Waals surface area contributed by atoms with Gasteiger partial charge in [0, 0.05) is 24.0 Å². The molecule has 2 aromatic carbocycles. The average molecular weight is 538 g/mol. The fourth-order valence-electron chi connectivity index (χ4n) is 4.88. The molecule has 1 saturated carbocycles. The summed E-state index contributed by atoms with van der Waals surface area (Å²) in [5.41, 5.74) is 1.77. The van der Waals surface area contributed by atoms with E-state index in [0.717, 1.165) is 43.1 Å². The Morgan fingerprint density at radius 3 is 2.74 bits per heavy atom. The second kappa shape index (κ2) is 11.0. The van der Waals surface area contributed by atoms with Gasteiger partial charge in [0.1, 0.15) is 29.2 Å². The van der Waals surface area contributed by atoms with E-state index < -0.39 is 11.7 Å². The van der Waals surface area contributed by atoms with Crippen molar-refractivity contribution in [2.24, 2.45) is 0 Å². The molecule has 1 fully saturated rings. The molecule has 8 nitrogen and oxygen atoms in total. The van der Waals surface area contributed by atoms with E-state index in [4.69, 9.17) is 16.3 Å². The van der Waals surface area contributed by atoms with Crippen molar-refractivity contribution in [2.45, 2.75) is 51.1 Å². The summed E-state index contributed by atoms with van der Waals surface area (Å²) >= 11 is 6.51. The summed E-state index contributed by atoms with van der Waals surface area (Å²) in [6.07, 6.45) is 8.30. The quantitative estimate of drug-likeness (QED) is 0.247. The molecule has 0 saturated heterocycles. The van der Waals surface area contributed by atoms with E-state index in [0.29, 0.717) is 34.6 Å². The number of carbonyl (C=O) groups is 1. The van der Waals surface area contributed by atoms with E-state index >= 15 is 0 Å². The first-order valence-corrected chi connectivity index (χ1v) is 13.0. The van der Waals surface area contributed by atoms with E-state index in [1.807, 2.05) is 23.8 Å². The van der Waals surface area contributed by atoms with E-state index in [2.05, 4.69) is 20.6 Å². The molecular weight excluding hydrogens is 509 g/mol. The van der Waals surface area contributed by atoms with Crippen molar-refractivity contribution < 1.29 is 19.0 Å². The van der Waals surface area contributed by atoms with Gasteiger partial charge in [-0.25, -0.2) is 14.4 Å². The number of amides is 1. The van der Waals surface area contributed by atoms with Gasteiger partial charge in [0.25, 0.3) is 5.91 Å². The molecule has 0 radical (unpaired) electrons. The van der Waals surface area contributed by atoms with Gasteiger partial charge < -0.3 is 25.0 Å². The summed E-state index contributed by atoms with van der Waals surface area (Å²) in [7, 11) is 0. The number of ether oxygens (including phenoxy) is 1. The van der Waals surface area contributed by atoms with Gasteiger partial charge in [-0.2, -0.15) is 0 Å². The number of rotatable bonds is 8. The summed E-state index contributed by atoms with van der Waals surface area (Å²) in [4.78, 5) is 21.5. The predicted molar refractivity (Wildman–Crippen MR) is 145 cm³/mol. The number of nitrogens with one attached hydrogen (secondary N) is 2. The first kappa shape index (κ1) is 25.9. The normalized spacial score (nSPS) is 14.8. The van der Waals surface area contributed by atoms with Gasteiger partial charge in [-0.3, -0.25) is 4.79 Å². The lowest BCUT2D eigenvalue weighted by Crippen LogP contribution is -2.47. The Balaban J connectivity index is 1.33. The van der Waals surface area contributed by atoms with E-state index in [9.17, 15) is 14.3 Å². The Morgan fingerprint density at radius 1 is 1.16 bits per heavy atom. The molecule has 3 N–H and O–H groups in total. The van der Waals surface area contributed by atoms with Crippen LogP contribution in [-0.4, -0.2) is 37.7 Å². The largest absolute Gasteiger partial charge is 0.456 e. The maximum Gasteiger partial charge on any atom is 0.254 e. The minimum Gasteiger partial charge on any atom is -0.456 e. The van der Waals surface area contributed by atoms with E-state index in [-0.39, 0.29) is 17.7 Å². The van der Waals surface area contributed by atoms with Crippen molar-refractivity contribution in [3.05, 3.63) is 71.4 Å². The van der Waals surface area contributed by atoms with Crippen LogP contribution in [-0.2, 0) is 6.54 Å². The van der Waals surface area contributed by atoms with Crippen molar-refractivity contribution in [1.29, 1.82) is 0 Å². The second-order valence-electron chi connectivity index (χ2n) is 9.78. The summed E-state index contributed by atoms with van der Waals surface area (Å²) in [5.74, 6) is 0.157. The molecular formula is C28H29ClFN5O3. The van der Waals surface area contributed by atoms with Crippen LogP contribution in [0.15, 0.2) is 55.0 Å². The zero-order valence-electron chi connectivity index (χ0n) is 21.0. The molecule has 0 aliphatic heterocycles. The topological polar surface area (TPSA) is 101 Å². The van der Waals surface area contributed by atoms with Gasteiger partial charge in [0.15, 0.2) is 5.82 Å². The number of nitrogens with zero attached hydrogens (tertiary/aromatic N) is 3. The third-order valence-corrected chi connectivity index (χ3v) is 7.16. The van der Waals surface area contributed by atoms with Gasteiger partial charge in [0.2, 0.25) is 0 Å². The number of anilines is 2. The average Bonchev–Trinajstić information content (AvgIpc) is 3.31. The molecule has 2 aromatic heterocycles. The van der Waals surface area contributed by atoms with Crippen molar-refractivity contribution in [1.82, 2.24) is 19.9 Å². The van der Waals surface area contributed by atoms with E-state index in [1.54, 1.807) is 18.2 Å². The molecule has 38 heavy (non-hydrogen) atoms. The Bertz CT molecular complexity index is 1470. The Labute approximate surface area is 224 Å². The van der Waals surface area contributed by atoms with Gasteiger partial charge in [-0.1, -0.05) is 30.9 Å². The Kier molecular flexibility index (Phi) is 7.49. The summed E-state index contributed by atoms with van der Waals surface area (Å²) < 4.78 is 22.4. The number of benzene rings is 2. The highest BCUT2D eigenvalue weighted by atomic mass is 35.5. The highest BCUT2D eigenvalue weighted by molar-refractivity contribution is 6.32. The SMILES string of the molecule is CC1(NC(=O)c2cc(Oc3ccc(Nc4ncnc5ccn(CCO)c45)cc3Cl)ccc2F)CCCCC1. The molecule has 4 aromatic rings. The van der Waals surface area contributed by atoms with Gasteiger partial charge in [-0.15, -0.1) is 0 Å². The van der Waals surface area contributed by atoms with Crippen LogP contribution in [0.4, 0.5) is 15.9 Å². The van der Waals surface area contributed by atoms with Crippen LogP contribution in [0.25, 0.3) is 11.0 Å². The number of aliphatic hydroxyl groups excluding tert-OH is 1. The minimum atomic E-state index is -0.609. The van der Waals surface area contributed by atoms with Crippen LogP contribution < -0.4 is 15.4 Å². The van der Waals surface area contributed by atoms with Crippen LogP contribution >= 0.6 is 11.6 Å². The van der Waals surface area contributed by atoms with Gasteiger partial charge in [0.05, 0.1) is 22.7 Å². The zero-order chi connectivity index (χ0) is 26.7. The fraction of sp³-hybridized carbons (Fsp3) is 0.321. The third-order valence-electron chi connectivity index (χ3n) is 6.87. The lowest BCUT2D eigenvalue weighted by molar-refractivity contribution is 0.0878. The van der Waals surface area contributed by atoms with Gasteiger partial charge >= 0.3 is 0 Å². The summed E-state index contributed by atoms with van der Waals surface area (Å²) in [6, 6.07) is 11.1. The minimum absolute atomic E-state index is 0.0119. The zero-order valence-corrected chi connectivity index (χ0v) is 21.8. The van der Waals surface area contributed by atoms with Crippen LogP contribution in [0.2, 0.25) is 5.02 Å². The standard InChI is InChI=1S/C28H29ClFN5O3/c1-28(10-3-2-4-11-28)34-27(37)20-16-19(6-7-22(20)30)38-24-8-5-18(15-21(24)29)33-26-25-23(31-17-32-26)9-12-35(25)13-14-36/h5-9,12,15-17,36H,2-4,10-11,13-14H2,1H3,(H,34,37)(H,31,32,33). The maximum atomic E-state index is 14.6. The summed E-state index contributed by atoms with van der Waals surface area (Å²) in [6.45, 7) is 2.41. The Hall–Kier alpha value is -3.69. The van der Waals surface area contributed by atoms with Gasteiger partial charge in [-0.05, 0) is 62.2 Å². The molecule has 0 bridgehead atoms. The van der Waals surface area contributed by atoms with Crippen molar-refractivity contribution in [3.8, 4) is 11.5 Å². The number of hydrogen-bond donors (Lipinski definition) is 3. The van der Waals surface area contributed by atoms with Crippen LogP contribution in [0, 0.1) is 5.82 Å². The first-order valence-electron chi connectivity index (χ1n) is 12.6. The van der Waals surface area contributed by atoms with Crippen molar-refractivity contribution in [2.75, 3.05) is 11.9 Å². The summed E-state index contributed by atoms with van der Waals surface area (Å²) in [5, 5.41) is 15.9. The molecule has 198 valence electrons. The fourth-order valence-corrected chi connectivity index (χ4v) is 5.10. The maximum absolute atomic E-state index is 14.6. The number of aromatic nitrogens is 3. The Morgan fingerprint density at radius 2 is 1.97 bits per heavy atom. The lowest BCUT2D eigenvalue weighted by Gasteiger charge is -2.34. The predicted octanol–water partition coefficient (Wildman–Crippen LogP) is 6.20. The molecule has 0 spiro atoms. The number of aliphatic hydroxyl groups is 1. The second-order valence-corrected chi connectivity index (χ2v) is 10.2. The van der Waals surface area contributed by atoms with Crippen LogP contribution in [0.5, 0.6) is 11.5 Å². The molecule has 1 aliphatic carbocycles. The van der Waals surface area contributed by atoms with Crippen LogP contribution in [0.3, 0.4) is 0 Å². The number of carbonyl (C=O) groups excluding carboxylic acids is 1. The molecule has 1 aliphatic rings. The molecule has 10 heteroatoms. The molecule has 1 amide bonds. The van der Waals surface area contributed by atoms with Crippen LogP contribution in [0.1, 0.15) is 49.4 Å². The molecule has 5 rings (SSSR count). The monoisotopic (exact) mass is 537 g/mol. The smallest absolute Gasteiger partial charge is 0.254 e. The highest BCUT2D eigenvalue weighted by Crippen LogP contribution is 2.34. The lowest BCUT2D eigenvalue weighted by atomic mass is 9.83. The third kappa shape index (κ3) is 5.58. The number of hydrogen-bond acceptors (Lipinski definition) is 6. The van der Waals surface area contributed by atoms with Crippen molar-refractivity contribution >= 4 is 40.0 Å². The number of halogens is 2. The molecule has 0 unspecified atom stereocenters. The molecule has 0 atom stereocenters. The van der Waals surface area contributed by atoms with Crippen molar-refractivity contribution in [3.63, 3.8) is 0 Å². The number of fused-ring (bicyclic) bond motifs is 1. The highest BCUT2D eigenvalue weighted by Gasteiger charge is 2.29. The first-order chi connectivity index (χ1) is 18.3. The molecule has 2 heterocycles.